The third-order valence-electron chi connectivity index (χ3n) is 7.60. The highest BCUT2D eigenvalue weighted by molar-refractivity contribution is 6.33. The van der Waals surface area contributed by atoms with Crippen LogP contribution < -0.4 is 15.1 Å². The molecule has 2 aliphatic heterocycles. The maximum absolute atomic E-state index is 13.6. The normalized spacial score (nSPS) is 15.7. The molecule has 2 amide bonds. The van der Waals surface area contributed by atoms with Crippen molar-refractivity contribution in [2.75, 3.05) is 54.4 Å². The highest BCUT2D eigenvalue weighted by Gasteiger charge is 2.28. The summed E-state index contributed by atoms with van der Waals surface area (Å²) in [6, 6.07) is 20.3. The Morgan fingerprint density at radius 1 is 0.919 bits per heavy atom. The van der Waals surface area contributed by atoms with E-state index in [4.69, 9.17) is 11.6 Å². The maximum Gasteiger partial charge on any atom is 0.326 e. The van der Waals surface area contributed by atoms with Gasteiger partial charge in [-0.2, -0.15) is 0 Å². The number of carbonyl (C=O) groups excluding carboxylic acids is 1. The molecule has 3 heterocycles. The number of halogens is 1. The molecule has 0 unspecified atom stereocenters. The smallest absolute Gasteiger partial charge is 0.326 e. The largest absolute Gasteiger partial charge is 0.368 e. The van der Waals surface area contributed by atoms with Crippen LogP contribution in [0.2, 0.25) is 5.02 Å². The maximum atomic E-state index is 13.6. The summed E-state index contributed by atoms with van der Waals surface area (Å²) in [4.78, 5) is 24.4. The van der Waals surface area contributed by atoms with E-state index in [-0.39, 0.29) is 6.03 Å². The van der Waals surface area contributed by atoms with E-state index in [0.717, 1.165) is 88.7 Å². The van der Waals surface area contributed by atoms with E-state index in [0.29, 0.717) is 6.54 Å². The van der Waals surface area contributed by atoms with Crippen LogP contribution >= 0.6 is 11.6 Å². The summed E-state index contributed by atoms with van der Waals surface area (Å²) in [7, 11) is 0. The number of hydrogen-bond acceptors (Lipinski definition) is 4. The zero-order chi connectivity index (χ0) is 25.4. The number of rotatable bonds is 4. The Kier molecular flexibility index (Phi) is 6.45. The lowest BCUT2D eigenvalue weighted by atomic mass is 9.98. The summed E-state index contributed by atoms with van der Waals surface area (Å²) in [5.41, 5.74) is 6.10. The van der Waals surface area contributed by atoms with E-state index < -0.39 is 0 Å². The molecule has 3 aromatic carbocycles. The molecule has 4 aromatic rings. The van der Waals surface area contributed by atoms with Gasteiger partial charge in [0.05, 0.1) is 22.1 Å². The van der Waals surface area contributed by atoms with Gasteiger partial charge in [-0.15, -0.1) is 0 Å². The summed E-state index contributed by atoms with van der Waals surface area (Å²) >= 11 is 6.72. The van der Waals surface area contributed by atoms with Crippen LogP contribution in [0.5, 0.6) is 0 Å². The second kappa shape index (κ2) is 10.0. The van der Waals surface area contributed by atoms with Crippen molar-refractivity contribution in [2.45, 2.75) is 13.3 Å². The molecule has 0 saturated carbocycles. The van der Waals surface area contributed by atoms with Crippen LogP contribution in [0.3, 0.4) is 0 Å². The molecule has 0 atom stereocenters. The molecule has 1 saturated heterocycles. The van der Waals surface area contributed by atoms with Crippen molar-refractivity contribution in [1.82, 2.24) is 9.88 Å². The number of anilines is 3. The lowest BCUT2D eigenvalue weighted by molar-refractivity contribution is 0.257. The first-order valence-corrected chi connectivity index (χ1v) is 13.3. The third kappa shape index (κ3) is 4.52. The highest BCUT2D eigenvalue weighted by Crippen LogP contribution is 2.39. The van der Waals surface area contributed by atoms with Crippen LogP contribution in [0.15, 0.2) is 73.1 Å². The van der Waals surface area contributed by atoms with Crippen molar-refractivity contribution in [1.29, 1.82) is 0 Å². The summed E-state index contributed by atoms with van der Waals surface area (Å²) in [6.45, 7) is 7.83. The number of amides is 2. The molecule has 1 fully saturated rings. The molecule has 6 rings (SSSR count). The first-order chi connectivity index (χ1) is 18.1. The Bertz CT molecular complexity index is 1450. The van der Waals surface area contributed by atoms with Gasteiger partial charge in [0.2, 0.25) is 0 Å². The SMILES string of the molecule is CCN1CCN(c2cc3c(cc2Cl)CCN3C(=O)Nc2cccc3c(-c4ccncc4)cccc23)CC1. The number of pyridine rings is 1. The van der Waals surface area contributed by atoms with Gasteiger partial charge in [0.15, 0.2) is 0 Å². The first-order valence-electron chi connectivity index (χ1n) is 12.9. The van der Waals surface area contributed by atoms with Crippen molar-refractivity contribution in [3.63, 3.8) is 0 Å². The number of urea groups is 1. The lowest BCUT2D eigenvalue weighted by Crippen LogP contribution is -2.46. The molecule has 188 valence electrons. The number of likely N-dealkylation sites (N-methyl/N-ethyl adjacent to an activating group) is 1. The fourth-order valence-corrected chi connectivity index (χ4v) is 5.85. The summed E-state index contributed by atoms with van der Waals surface area (Å²) in [5, 5.41) is 6.06. The molecule has 1 N–H and O–H groups in total. The predicted molar refractivity (Wildman–Crippen MR) is 153 cm³/mol. The number of aromatic nitrogens is 1. The Hall–Kier alpha value is -3.61. The van der Waals surface area contributed by atoms with E-state index in [2.05, 4.69) is 51.3 Å². The van der Waals surface area contributed by atoms with Crippen LogP contribution in [-0.4, -0.2) is 55.2 Å². The molecule has 0 radical (unpaired) electrons. The standard InChI is InChI=1S/C30H30ClN5O/c1-2-34-15-17-35(18-16-34)29-20-28-22(19-26(29)31)11-14-36(28)30(37)33-27-8-4-6-24-23(5-3-7-25(24)27)21-9-12-32-13-10-21/h3-10,12-13,19-20H,2,11,14-18H2,1H3,(H,33,37). The number of benzene rings is 3. The highest BCUT2D eigenvalue weighted by atomic mass is 35.5. The van der Waals surface area contributed by atoms with Gasteiger partial charge in [0.25, 0.3) is 0 Å². The third-order valence-corrected chi connectivity index (χ3v) is 7.91. The second-order valence-corrected chi connectivity index (χ2v) is 10.0. The molecular weight excluding hydrogens is 482 g/mol. The Morgan fingerprint density at radius 2 is 1.68 bits per heavy atom. The number of hydrogen-bond donors (Lipinski definition) is 1. The van der Waals surface area contributed by atoms with Gasteiger partial charge in [0, 0.05) is 50.5 Å². The van der Waals surface area contributed by atoms with Crippen molar-refractivity contribution < 1.29 is 4.79 Å². The van der Waals surface area contributed by atoms with Gasteiger partial charge >= 0.3 is 6.03 Å². The van der Waals surface area contributed by atoms with Gasteiger partial charge in [-0.3, -0.25) is 9.88 Å². The molecular formula is C30H30ClN5O. The van der Waals surface area contributed by atoms with E-state index in [9.17, 15) is 4.79 Å². The average Bonchev–Trinajstić information content (AvgIpc) is 3.36. The van der Waals surface area contributed by atoms with Crippen LogP contribution in [-0.2, 0) is 6.42 Å². The van der Waals surface area contributed by atoms with Gasteiger partial charge in [0.1, 0.15) is 0 Å². The van der Waals surface area contributed by atoms with E-state index >= 15 is 0 Å². The topological polar surface area (TPSA) is 51.7 Å². The number of fused-ring (bicyclic) bond motifs is 2. The fourth-order valence-electron chi connectivity index (χ4n) is 5.54. The molecule has 7 heteroatoms. The number of nitrogens with one attached hydrogen (secondary N) is 1. The van der Waals surface area contributed by atoms with Crippen LogP contribution in [0.4, 0.5) is 21.9 Å². The Morgan fingerprint density at radius 3 is 2.46 bits per heavy atom. The molecule has 1 aromatic heterocycles. The van der Waals surface area contributed by atoms with Crippen LogP contribution in [0.1, 0.15) is 12.5 Å². The minimum absolute atomic E-state index is 0.121. The first kappa shape index (κ1) is 23.8. The zero-order valence-corrected chi connectivity index (χ0v) is 21.7. The Balaban J connectivity index is 1.28. The fraction of sp³-hybridized carbons (Fsp3) is 0.267. The minimum atomic E-state index is -0.121. The van der Waals surface area contributed by atoms with E-state index in [1.807, 2.05) is 41.3 Å². The molecule has 37 heavy (non-hydrogen) atoms. The number of nitrogens with zero attached hydrogens (tertiary/aromatic N) is 4. The van der Waals surface area contributed by atoms with Crippen molar-refractivity contribution in [2.24, 2.45) is 0 Å². The lowest BCUT2D eigenvalue weighted by Gasteiger charge is -2.36. The van der Waals surface area contributed by atoms with E-state index in [1.54, 1.807) is 12.4 Å². The van der Waals surface area contributed by atoms with Gasteiger partial charge in [-0.05, 0) is 65.4 Å². The van der Waals surface area contributed by atoms with Crippen molar-refractivity contribution in [3.8, 4) is 11.1 Å². The summed E-state index contributed by atoms with van der Waals surface area (Å²) < 4.78 is 0. The van der Waals surface area contributed by atoms with Crippen molar-refractivity contribution in [3.05, 3.63) is 83.6 Å². The Labute approximate surface area is 222 Å². The minimum Gasteiger partial charge on any atom is -0.368 e. The second-order valence-electron chi connectivity index (χ2n) is 9.63. The van der Waals surface area contributed by atoms with Crippen molar-refractivity contribution >= 4 is 45.5 Å². The van der Waals surface area contributed by atoms with Crippen LogP contribution in [0, 0.1) is 0 Å². The average molecular weight is 512 g/mol. The summed E-state index contributed by atoms with van der Waals surface area (Å²) in [6.07, 6.45) is 4.40. The van der Waals surface area contributed by atoms with Crippen LogP contribution in [0.25, 0.3) is 21.9 Å². The quantitative estimate of drug-likeness (QED) is 0.350. The monoisotopic (exact) mass is 511 g/mol. The number of piperazine rings is 1. The van der Waals surface area contributed by atoms with Gasteiger partial charge in [-0.1, -0.05) is 48.9 Å². The van der Waals surface area contributed by atoms with Gasteiger partial charge < -0.3 is 15.1 Å². The summed E-state index contributed by atoms with van der Waals surface area (Å²) in [5.74, 6) is 0. The zero-order valence-electron chi connectivity index (χ0n) is 21.0. The molecule has 6 nitrogen and oxygen atoms in total. The molecule has 0 bridgehead atoms. The molecule has 0 spiro atoms. The predicted octanol–water partition coefficient (Wildman–Crippen LogP) is 6.29. The molecule has 2 aliphatic rings. The van der Waals surface area contributed by atoms with Gasteiger partial charge in [-0.25, -0.2) is 4.79 Å². The van der Waals surface area contributed by atoms with E-state index in [1.165, 1.54) is 0 Å². The molecule has 0 aliphatic carbocycles. The number of carbonyl (C=O) groups is 1.